The maximum absolute atomic E-state index is 12.7. The minimum absolute atomic E-state index is 0.187. The van der Waals surface area contributed by atoms with Crippen molar-refractivity contribution in [1.29, 1.82) is 0 Å². The van der Waals surface area contributed by atoms with Crippen molar-refractivity contribution >= 4 is 50.7 Å². The van der Waals surface area contributed by atoms with Crippen LogP contribution in [0.1, 0.15) is 19.0 Å². The van der Waals surface area contributed by atoms with Gasteiger partial charge in [-0.15, -0.1) is 0 Å². The predicted molar refractivity (Wildman–Crippen MR) is 139 cm³/mol. The van der Waals surface area contributed by atoms with E-state index < -0.39 is 24.8 Å². The number of aliphatic hydroxyl groups is 1. The molecule has 2 aromatic heterocycles. The molecule has 13 heteroatoms. The van der Waals surface area contributed by atoms with Crippen LogP contribution in [0.2, 0.25) is 0 Å². The lowest BCUT2D eigenvalue weighted by molar-refractivity contribution is -0.160. The second kappa shape index (κ2) is 12.1. The zero-order chi connectivity index (χ0) is 26.4. The van der Waals surface area contributed by atoms with Crippen LogP contribution in [-0.4, -0.2) is 74.0 Å². The first-order chi connectivity index (χ1) is 17.9. The summed E-state index contributed by atoms with van der Waals surface area (Å²) in [5.74, 6) is -1.14. The van der Waals surface area contributed by atoms with Gasteiger partial charge in [0.25, 0.3) is 0 Å². The molecule has 1 unspecified atom stereocenters. The van der Waals surface area contributed by atoms with Crippen LogP contribution in [0.25, 0.3) is 11.0 Å². The van der Waals surface area contributed by atoms with E-state index in [0.717, 1.165) is 11.2 Å². The van der Waals surface area contributed by atoms with Crippen molar-refractivity contribution < 1.29 is 24.2 Å². The molecule has 0 bridgehead atoms. The summed E-state index contributed by atoms with van der Waals surface area (Å²) in [5, 5.41) is 13.0. The molecule has 0 saturated heterocycles. The molecule has 3 aromatic rings. The number of hydrogen-bond donors (Lipinski definition) is 2. The number of halogens is 1. The first-order valence-corrected chi connectivity index (χ1v) is 12.6. The Morgan fingerprint density at radius 2 is 2.05 bits per heavy atom. The largest absolute Gasteiger partial charge is 0.428 e. The Hall–Kier alpha value is -3.58. The van der Waals surface area contributed by atoms with Crippen molar-refractivity contribution in [2.24, 2.45) is 23.9 Å². The van der Waals surface area contributed by atoms with Crippen molar-refractivity contribution in [3.05, 3.63) is 47.2 Å². The molecule has 1 aliphatic rings. The average molecular weight is 574 g/mol. The number of aliphatic imine (C=N–C) groups is 1. The number of imidazole rings is 1. The van der Waals surface area contributed by atoms with Gasteiger partial charge in [-0.1, -0.05) is 6.92 Å². The van der Waals surface area contributed by atoms with E-state index in [0.29, 0.717) is 47.6 Å². The van der Waals surface area contributed by atoms with Gasteiger partial charge in [0.05, 0.1) is 41.0 Å². The molecule has 4 rings (SSSR count). The lowest BCUT2D eigenvalue weighted by Gasteiger charge is -2.23. The van der Waals surface area contributed by atoms with Gasteiger partial charge in [-0.05, 0) is 40.9 Å². The van der Waals surface area contributed by atoms with Gasteiger partial charge in [-0.3, -0.25) is 19.8 Å². The lowest BCUT2D eigenvalue weighted by Crippen LogP contribution is -2.39. The van der Waals surface area contributed by atoms with Crippen LogP contribution in [0.15, 0.2) is 46.5 Å². The highest BCUT2D eigenvalue weighted by atomic mass is 79.9. The van der Waals surface area contributed by atoms with Crippen LogP contribution in [0.3, 0.4) is 0 Å². The zero-order valence-electron chi connectivity index (χ0n) is 20.5. The van der Waals surface area contributed by atoms with Crippen molar-refractivity contribution in [3.63, 3.8) is 0 Å². The van der Waals surface area contributed by atoms with Crippen LogP contribution < -0.4 is 5.32 Å². The minimum Gasteiger partial charge on any atom is -0.428 e. The van der Waals surface area contributed by atoms with Crippen LogP contribution in [0, 0.1) is 11.8 Å². The number of nitrogens with one attached hydrogen (secondary N) is 1. The molecule has 0 radical (unpaired) electrons. The smallest absolute Gasteiger partial charge is 0.419 e. The van der Waals surface area contributed by atoms with Gasteiger partial charge >= 0.3 is 12.1 Å². The SMILES string of the molecule is CCC(C(=O)OCOC(=O)N1CCN=C1Nc1ccc2nccnc2c1Br)[C@H](CO)Cc1cncn1C. The number of esters is 1. The first kappa shape index (κ1) is 26.5. The summed E-state index contributed by atoms with van der Waals surface area (Å²) < 4.78 is 13.0. The first-order valence-electron chi connectivity index (χ1n) is 11.8. The summed E-state index contributed by atoms with van der Waals surface area (Å²) in [6, 6.07) is 3.62. The Bertz CT molecular complexity index is 1300. The predicted octanol–water partition coefficient (Wildman–Crippen LogP) is 2.72. The third kappa shape index (κ3) is 6.05. The zero-order valence-corrected chi connectivity index (χ0v) is 22.1. The molecule has 1 amide bonds. The fraction of sp³-hybridized carbons (Fsp3) is 0.417. The number of amides is 1. The summed E-state index contributed by atoms with van der Waals surface area (Å²) in [6.07, 6.45) is 6.81. The van der Waals surface area contributed by atoms with Gasteiger partial charge in [0.15, 0.2) is 0 Å². The molecule has 0 saturated carbocycles. The van der Waals surface area contributed by atoms with Gasteiger partial charge in [-0.2, -0.15) is 0 Å². The molecule has 1 aromatic carbocycles. The molecule has 196 valence electrons. The number of aliphatic hydroxyl groups excluding tert-OH is 1. The number of rotatable bonds is 9. The number of carbonyl (C=O) groups is 2. The lowest BCUT2D eigenvalue weighted by atomic mass is 9.87. The Kier molecular flexibility index (Phi) is 8.66. The number of nitrogens with zero attached hydrogens (tertiary/aromatic N) is 6. The van der Waals surface area contributed by atoms with Gasteiger partial charge in [-0.25, -0.2) is 14.7 Å². The molecule has 0 fully saturated rings. The van der Waals surface area contributed by atoms with Crippen molar-refractivity contribution in [1.82, 2.24) is 24.4 Å². The Morgan fingerprint density at radius 1 is 1.24 bits per heavy atom. The highest BCUT2D eigenvalue weighted by Crippen LogP contribution is 2.29. The van der Waals surface area contributed by atoms with E-state index >= 15 is 0 Å². The Balaban J connectivity index is 1.32. The fourth-order valence-corrected chi connectivity index (χ4v) is 4.69. The average Bonchev–Trinajstić information content (AvgIpc) is 3.54. The van der Waals surface area contributed by atoms with E-state index in [-0.39, 0.29) is 12.5 Å². The number of hydrogen-bond acceptors (Lipinski definition) is 10. The topological polar surface area (TPSA) is 144 Å². The third-order valence-electron chi connectivity index (χ3n) is 6.20. The second-order valence-corrected chi connectivity index (χ2v) is 9.28. The van der Waals surface area contributed by atoms with Gasteiger partial charge in [0.2, 0.25) is 12.8 Å². The summed E-state index contributed by atoms with van der Waals surface area (Å²) in [4.78, 5) is 43.8. The number of anilines is 1. The van der Waals surface area contributed by atoms with Crippen LogP contribution >= 0.6 is 15.9 Å². The standard InChI is InChI=1S/C24H28BrN7O5/c1-3-17(15(12-33)10-16-11-26-13-31(16)2)22(34)36-14-37-24(35)32-9-8-29-23(32)30-18-4-5-19-21(20(18)25)28-7-6-27-19/h4-7,11,13,15,17,33H,3,8-10,12,14H2,1-2H3,(H,29,30)/t15-,17?/m0/s1. The number of aryl methyl sites for hydroxylation is 1. The molecule has 1 aliphatic heterocycles. The van der Waals surface area contributed by atoms with E-state index in [1.54, 1.807) is 31.0 Å². The molecule has 0 aliphatic carbocycles. The maximum Gasteiger partial charge on any atom is 0.419 e. The molecular formula is C24H28BrN7O5. The highest BCUT2D eigenvalue weighted by Gasteiger charge is 2.30. The highest BCUT2D eigenvalue weighted by molar-refractivity contribution is 9.10. The van der Waals surface area contributed by atoms with Crippen molar-refractivity contribution in [3.8, 4) is 0 Å². The van der Waals surface area contributed by atoms with Crippen molar-refractivity contribution in [2.75, 3.05) is 31.8 Å². The van der Waals surface area contributed by atoms with E-state index in [1.807, 2.05) is 24.6 Å². The van der Waals surface area contributed by atoms with E-state index in [1.165, 1.54) is 4.90 Å². The number of aromatic nitrogens is 4. The normalized spacial score (nSPS) is 14.8. The number of ether oxygens (including phenoxy) is 2. The number of benzene rings is 1. The molecule has 3 heterocycles. The molecule has 12 nitrogen and oxygen atoms in total. The molecule has 2 N–H and O–H groups in total. The number of guanidine groups is 1. The summed E-state index contributed by atoms with van der Waals surface area (Å²) in [6.45, 7) is 1.82. The summed E-state index contributed by atoms with van der Waals surface area (Å²) in [5.41, 5.74) is 2.95. The monoisotopic (exact) mass is 573 g/mol. The summed E-state index contributed by atoms with van der Waals surface area (Å²) in [7, 11) is 1.85. The minimum atomic E-state index is -0.699. The van der Waals surface area contributed by atoms with Gasteiger partial charge in [0.1, 0.15) is 5.52 Å². The molecular weight excluding hydrogens is 546 g/mol. The molecule has 0 spiro atoms. The number of fused-ring (bicyclic) bond motifs is 1. The number of carbonyl (C=O) groups excluding carboxylic acids is 2. The second-order valence-electron chi connectivity index (χ2n) is 8.48. The van der Waals surface area contributed by atoms with Gasteiger partial charge in [0, 0.05) is 43.9 Å². The summed E-state index contributed by atoms with van der Waals surface area (Å²) >= 11 is 3.53. The quantitative estimate of drug-likeness (QED) is 0.291. The fourth-order valence-electron chi connectivity index (χ4n) is 4.15. The molecule has 2 atom stereocenters. The van der Waals surface area contributed by atoms with Gasteiger partial charge < -0.3 is 24.5 Å². The maximum atomic E-state index is 12.7. The van der Waals surface area contributed by atoms with Crippen LogP contribution in [0.4, 0.5) is 10.5 Å². The van der Waals surface area contributed by atoms with E-state index in [2.05, 4.69) is 41.2 Å². The van der Waals surface area contributed by atoms with E-state index in [9.17, 15) is 14.7 Å². The van der Waals surface area contributed by atoms with Crippen LogP contribution in [-0.2, 0) is 27.7 Å². The Morgan fingerprint density at radius 3 is 2.78 bits per heavy atom. The third-order valence-corrected chi connectivity index (χ3v) is 7.01. The van der Waals surface area contributed by atoms with E-state index in [4.69, 9.17) is 9.47 Å². The Labute approximate surface area is 221 Å². The van der Waals surface area contributed by atoms with Crippen LogP contribution in [0.5, 0.6) is 0 Å². The molecule has 37 heavy (non-hydrogen) atoms. The van der Waals surface area contributed by atoms with Crippen molar-refractivity contribution in [2.45, 2.75) is 19.8 Å².